The highest BCUT2D eigenvalue weighted by Crippen LogP contribution is 2.21. The van der Waals surface area contributed by atoms with E-state index < -0.39 is 0 Å². The number of aliphatic hydroxyl groups is 2. The molecule has 0 bridgehead atoms. The fourth-order valence-corrected chi connectivity index (χ4v) is 3.49. The van der Waals surface area contributed by atoms with Crippen molar-refractivity contribution >= 4 is 17.0 Å². The number of hydrogen-bond donors (Lipinski definition) is 2. The van der Waals surface area contributed by atoms with Crippen LogP contribution in [-0.2, 0) is 12.8 Å². The molecule has 31 heavy (non-hydrogen) atoms. The van der Waals surface area contributed by atoms with Gasteiger partial charge in [0.1, 0.15) is 6.26 Å². The molecule has 0 unspecified atom stereocenters. The Labute approximate surface area is 192 Å². The molecule has 2 rings (SSSR count). The summed E-state index contributed by atoms with van der Waals surface area (Å²) in [7, 11) is 0. The molecule has 0 spiro atoms. The maximum absolute atomic E-state index is 9.94. The summed E-state index contributed by atoms with van der Waals surface area (Å²) >= 11 is 1.63. The lowest BCUT2D eigenvalue weighted by Crippen LogP contribution is -1.95. The smallest absolute Gasteiger partial charge is 0.153 e. The van der Waals surface area contributed by atoms with Crippen molar-refractivity contribution < 1.29 is 10.2 Å². The van der Waals surface area contributed by atoms with Gasteiger partial charge in [-0.3, -0.25) is 4.99 Å². The Morgan fingerprint density at radius 2 is 1.81 bits per heavy atom. The normalized spacial score (nSPS) is 13.0. The van der Waals surface area contributed by atoms with Gasteiger partial charge in [0.15, 0.2) is 5.76 Å². The van der Waals surface area contributed by atoms with E-state index in [1.807, 2.05) is 42.8 Å². The van der Waals surface area contributed by atoms with E-state index >= 15 is 0 Å². The molecule has 0 amide bonds. The summed E-state index contributed by atoms with van der Waals surface area (Å²) in [6, 6.07) is 14.5. The Morgan fingerprint density at radius 3 is 2.32 bits per heavy atom. The van der Waals surface area contributed by atoms with Crippen LogP contribution in [0.1, 0.15) is 63.8 Å². The van der Waals surface area contributed by atoms with Crippen LogP contribution in [0, 0.1) is 0 Å². The van der Waals surface area contributed by atoms with Crippen molar-refractivity contribution in [1.82, 2.24) is 0 Å². The Balaban J connectivity index is 0.000000500. The lowest BCUT2D eigenvalue weighted by atomic mass is 10.0. The number of allylic oxidation sites excluding steroid dienone is 3. The maximum atomic E-state index is 9.94. The SMILES string of the molecule is CCCCC(C)=N/C=C(/C=C(\Cc1cccs1)C(O)=CO)CC.CCc1ccccc1. The first-order valence-electron chi connectivity index (χ1n) is 11.1. The molecule has 2 N–H and O–H groups in total. The van der Waals surface area contributed by atoms with Gasteiger partial charge in [0.25, 0.3) is 0 Å². The summed E-state index contributed by atoms with van der Waals surface area (Å²) in [6.07, 6.45) is 10.4. The number of hydrogen-bond acceptors (Lipinski definition) is 4. The molecule has 0 radical (unpaired) electrons. The molecule has 0 fully saturated rings. The van der Waals surface area contributed by atoms with E-state index in [2.05, 4.69) is 50.0 Å². The van der Waals surface area contributed by atoms with Crippen molar-refractivity contribution in [3.63, 3.8) is 0 Å². The molecule has 1 heterocycles. The number of thiophene rings is 1. The van der Waals surface area contributed by atoms with Gasteiger partial charge in [-0.1, -0.05) is 69.7 Å². The van der Waals surface area contributed by atoms with Crippen LogP contribution in [0.3, 0.4) is 0 Å². The standard InChI is InChI=1S/C19H27NO2S.C8H10/c1-4-6-8-15(3)20-13-16(5-2)11-17(19(22)14-21)12-18-9-7-10-23-18;1-2-8-6-4-3-5-7-8/h7,9-11,13-14,21-22H,4-6,8,12H2,1-3H3;3-7H,2H2,1H3/b16-13+,17-11+,19-14?,20-15?;. The summed E-state index contributed by atoms with van der Waals surface area (Å²) in [4.78, 5) is 5.66. The van der Waals surface area contributed by atoms with Crippen LogP contribution in [0.4, 0.5) is 0 Å². The highest BCUT2D eigenvalue weighted by molar-refractivity contribution is 7.09. The van der Waals surface area contributed by atoms with Gasteiger partial charge in [0, 0.05) is 28.8 Å². The molecule has 4 heteroatoms. The summed E-state index contributed by atoms with van der Waals surface area (Å²) in [5.41, 5.74) is 4.26. The van der Waals surface area contributed by atoms with Crippen LogP contribution in [-0.4, -0.2) is 15.9 Å². The minimum Gasteiger partial charge on any atom is -0.512 e. The van der Waals surface area contributed by atoms with Crippen molar-refractivity contribution in [3.05, 3.63) is 93.7 Å². The zero-order valence-corrected chi connectivity index (χ0v) is 20.2. The molecule has 168 valence electrons. The second kappa shape index (κ2) is 16.1. The monoisotopic (exact) mass is 439 g/mol. The predicted octanol–water partition coefficient (Wildman–Crippen LogP) is 8.37. The molecule has 0 aliphatic rings. The van der Waals surface area contributed by atoms with Crippen LogP contribution >= 0.6 is 11.3 Å². The average Bonchev–Trinajstić information content (AvgIpc) is 3.33. The lowest BCUT2D eigenvalue weighted by Gasteiger charge is -2.06. The van der Waals surface area contributed by atoms with E-state index in [1.165, 1.54) is 5.56 Å². The van der Waals surface area contributed by atoms with Crippen molar-refractivity contribution in [1.29, 1.82) is 0 Å². The Kier molecular flexibility index (Phi) is 13.8. The minimum atomic E-state index is -0.0931. The summed E-state index contributed by atoms with van der Waals surface area (Å²) in [6.45, 7) is 8.43. The zero-order valence-electron chi connectivity index (χ0n) is 19.3. The first kappa shape index (κ1) is 26.4. The molecule has 3 nitrogen and oxygen atoms in total. The highest BCUT2D eigenvalue weighted by Gasteiger charge is 2.07. The number of nitrogens with zero attached hydrogens (tertiary/aromatic N) is 1. The van der Waals surface area contributed by atoms with Gasteiger partial charge in [-0.15, -0.1) is 11.3 Å². The summed E-state index contributed by atoms with van der Waals surface area (Å²) < 4.78 is 0. The fourth-order valence-electron chi connectivity index (χ4n) is 2.76. The molecule has 2 aromatic rings. The van der Waals surface area contributed by atoms with Crippen molar-refractivity contribution in [2.24, 2.45) is 4.99 Å². The topological polar surface area (TPSA) is 52.8 Å². The van der Waals surface area contributed by atoms with Gasteiger partial charge in [-0.05, 0) is 55.2 Å². The van der Waals surface area contributed by atoms with E-state index in [4.69, 9.17) is 5.11 Å². The number of benzene rings is 1. The summed E-state index contributed by atoms with van der Waals surface area (Å²) in [5, 5.41) is 21.1. The van der Waals surface area contributed by atoms with Gasteiger partial charge in [0.05, 0.1) is 0 Å². The second-order valence-electron chi connectivity index (χ2n) is 7.30. The van der Waals surface area contributed by atoms with E-state index in [-0.39, 0.29) is 5.76 Å². The predicted molar refractivity (Wildman–Crippen MR) is 136 cm³/mol. The Morgan fingerprint density at radius 1 is 1.06 bits per heavy atom. The van der Waals surface area contributed by atoms with Gasteiger partial charge in [-0.25, -0.2) is 0 Å². The molecule has 0 aliphatic heterocycles. The van der Waals surface area contributed by atoms with Gasteiger partial charge < -0.3 is 10.2 Å². The number of unbranched alkanes of at least 4 members (excludes halogenated alkanes) is 1. The number of aryl methyl sites for hydroxylation is 1. The molecular weight excluding hydrogens is 402 g/mol. The fraction of sp³-hybridized carbons (Fsp3) is 0.370. The van der Waals surface area contributed by atoms with Gasteiger partial charge in [0.2, 0.25) is 0 Å². The Bertz CT molecular complexity index is 847. The van der Waals surface area contributed by atoms with Gasteiger partial charge in [-0.2, -0.15) is 0 Å². The highest BCUT2D eigenvalue weighted by atomic mass is 32.1. The van der Waals surface area contributed by atoms with E-state index in [1.54, 1.807) is 11.3 Å². The third kappa shape index (κ3) is 11.4. The van der Waals surface area contributed by atoms with E-state index in [0.717, 1.165) is 54.5 Å². The van der Waals surface area contributed by atoms with Crippen LogP contribution < -0.4 is 0 Å². The largest absolute Gasteiger partial charge is 0.512 e. The third-order valence-electron chi connectivity index (χ3n) is 4.76. The molecule has 0 aliphatic carbocycles. The third-order valence-corrected chi connectivity index (χ3v) is 5.63. The van der Waals surface area contributed by atoms with Crippen molar-refractivity contribution in [2.75, 3.05) is 0 Å². The average molecular weight is 440 g/mol. The molecule has 0 saturated carbocycles. The Hall–Kier alpha value is -2.59. The molecule has 1 aromatic heterocycles. The van der Waals surface area contributed by atoms with Crippen LogP contribution in [0.2, 0.25) is 0 Å². The number of aliphatic hydroxyl groups excluding tert-OH is 2. The van der Waals surface area contributed by atoms with Gasteiger partial charge >= 0.3 is 0 Å². The van der Waals surface area contributed by atoms with Crippen molar-refractivity contribution in [3.8, 4) is 0 Å². The van der Waals surface area contributed by atoms with Crippen LogP contribution in [0.25, 0.3) is 0 Å². The molecule has 1 aromatic carbocycles. The summed E-state index contributed by atoms with van der Waals surface area (Å²) in [5.74, 6) is -0.0931. The molecular formula is C27H37NO2S. The van der Waals surface area contributed by atoms with E-state index in [0.29, 0.717) is 12.0 Å². The van der Waals surface area contributed by atoms with Crippen LogP contribution in [0.15, 0.2) is 88.3 Å². The van der Waals surface area contributed by atoms with Crippen LogP contribution in [0.5, 0.6) is 0 Å². The number of rotatable bonds is 10. The zero-order chi connectivity index (χ0) is 22.9. The second-order valence-corrected chi connectivity index (χ2v) is 8.34. The number of aliphatic imine (C=N–C) groups is 1. The molecule has 0 atom stereocenters. The first-order chi connectivity index (χ1) is 15.0. The maximum Gasteiger partial charge on any atom is 0.153 e. The first-order valence-corrected chi connectivity index (χ1v) is 11.9. The van der Waals surface area contributed by atoms with Crippen molar-refractivity contribution in [2.45, 2.75) is 66.2 Å². The quantitative estimate of drug-likeness (QED) is 0.222. The minimum absolute atomic E-state index is 0.0931. The molecule has 0 saturated heterocycles. The van der Waals surface area contributed by atoms with E-state index in [9.17, 15) is 5.11 Å². The lowest BCUT2D eigenvalue weighted by molar-refractivity contribution is 0.369.